The lowest BCUT2D eigenvalue weighted by Crippen LogP contribution is -2.16. The molecule has 0 spiro atoms. The highest BCUT2D eigenvalue weighted by molar-refractivity contribution is 5.91. The Morgan fingerprint density at radius 1 is 1.44 bits per heavy atom. The molecule has 1 unspecified atom stereocenters. The fraction of sp³-hybridized carbons (Fsp3) is 0.417. The molecular formula is C12H18N2O2. The van der Waals surface area contributed by atoms with Crippen molar-refractivity contribution in [3.8, 4) is 0 Å². The summed E-state index contributed by atoms with van der Waals surface area (Å²) in [5, 5.41) is 14.5. The van der Waals surface area contributed by atoms with Crippen molar-refractivity contribution in [1.82, 2.24) is 0 Å². The van der Waals surface area contributed by atoms with E-state index in [4.69, 9.17) is 5.11 Å². The van der Waals surface area contributed by atoms with Crippen LogP contribution in [0.4, 0.5) is 11.4 Å². The van der Waals surface area contributed by atoms with E-state index in [2.05, 4.69) is 24.5 Å². The molecule has 1 atom stereocenters. The van der Waals surface area contributed by atoms with Crippen LogP contribution in [0, 0.1) is 0 Å². The minimum Gasteiger partial charge on any atom is -0.387 e. The van der Waals surface area contributed by atoms with Crippen LogP contribution in [-0.4, -0.2) is 23.7 Å². The van der Waals surface area contributed by atoms with Gasteiger partial charge in [0.25, 0.3) is 0 Å². The number of rotatable bonds is 5. The summed E-state index contributed by atoms with van der Waals surface area (Å²) in [6, 6.07) is 7.83. The van der Waals surface area contributed by atoms with Crippen molar-refractivity contribution in [3.63, 3.8) is 0 Å². The average molecular weight is 222 g/mol. The summed E-state index contributed by atoms with van der Waals surface area (Å²) >= 11 is 0. The van der Waals surface area contributed by atoms with Crippen LogP contribution in [0.15, 0.2) is 24.3 Å². The van der Waals surface area contributed by atoms with Crippen LogP contribution < -0.4 is 10.6 Å². The van der Waals surface area contributed by atoms with E-state index in [1.165, 1.54) is 0 Å². The first-order valence-electron chi connectivity index (χ1n) is 5.43. The number of amides is 1. The van der Waals surface area contributed by atoms with Gasteiger partial charge in [-0.1, -0.05) is 13.0 Å². The highest BCUT2D eigenvalue weighted by Gasteiger charge is 2.02. The molecule has 0 heterocycles. The molecule has 4 heteroatoms. The van der Waals surface area contributed by atoms with E-state index in [-0.39, 0.29) is 0 Å². The maximum absolute atomic E-state index is 11.0. The molecule has 16 heavy (non-hydrogen) atoms. The highest BCUT2D eigenvalue weighted by atomic mass is 16.3. The van der Waals surface area contributed by atoms with Crippen molar-refractivity contribution >= 4 is 17.3 Å². The Labute approximate surface area is 95.7 Å². The first kappa shape index (κ1) is 12.5. The zero-order valence-corrected chi connectivity index (χ0v) is 9.66. The van der Waals surface area contributed by atoms with Crippen LogP contribution in [0.1, 0.15) is 20.3 Å². The van der Waals surface area contributed by atoms with E-state index in [9.17, 15) is 4.79 Å². The van der Waals surface area contributed by atoms with Crippen LogP contribution in [0.5, 0.6) is 0 Å². The summed E-state index contributed by atoms with van der Waals surface area (Å²) in [6.07, 6.45) is 1.03. The summed E-state index contributed by atoms with van der Waals surface area (Å²) < 4.78 is 0. The summed E-state index contributed by atoms with van der Waals surface area (Å²) in [4.78, 5) is 11.0. The Morgan fingerprint density at radius 2 is 2.12 bits per heavy atom. The van der Waals surface area contributed by atoms with Gasteiger partial charge in [-0.25, -0.2) is 0 Å². The minimum absolute atomic E-state index is 0.392. The van der Waals surface area contributed by atoms with Gasteiger partial charge in [0.2, 0.25) is 5.91 Å². The summed E-state index contributed by atoms with van der Waals surface area (Å²) in [6.45, 7) is 3.71. The van der Waals surface area contributed by atoms with E-state index in [0.717, 1.165) is 12.1 Å². The van der Waals surface area contributed by atoms with Gasteiger partial charge in [0.05, 0.1) is 0 Å². The van der Waals surface area contributed by atoms with E-state index < -0.39 is 12.5 Å². The van der Waals surface area contributed by atoms with Gasteiger partial charge in [0.15, 0.2) is 0 Å². The van der Waals surface area contributed by atoms with Crippen molar-refractivity contribution < 1.29 is 9.90 Å². The lowest BCUT2D eigenvalue weighted by Gasteiger charge is -2.14. The van der Waals surface area contributed by atoms with Crippen molar-refractivity contribution in [3.05, 3.63) is 24.3 Å². The zero-order valence-electron chi connectivity index (χ0n) is 9.66. The number of carbonyl (C=O) groups excluding carboxylic acids is 1. The summed E-state index contributed by atoms with van der Waals surface area (Å²) in [5.74, 6) is -0.402. The van der Waals surface area contributed by atoms with Crippen LogP contribution in [0.2, 0.25) is 0 Å². The molecule has 0 saturated heterocycles. The molecule has 0 aromatic heterocycles. The molecule has 4 nitrogen and oxygen atoms in total. The van der Waals surface area contributed by atoms with Gasteiger partial charge in [-0.3, -0.25) is 4.79 Å². The molecule has 88 valence electrons. The molecule has 1 rings (SSSR count). The second kappa shape index (κ2) is 6.12. The van der Waals surface area contributed by atoms with Crippen molar-refractivity contribution in [1.29, 1.82) is 0 Å². The highest BCUT2D eigenvalue weighted by Crippen LogP contribution is 2.16. The molecule has 1 amide bonds. The van der Waals surface area contributed by atoms with Gasteiger partial charge in [-0.05, 0) is 31.5 Å². The second-order valence-electron chi connectivity index (χ2n) is 3.74. The number of hydrogen-bond acceptors (Lipinski definition) is 3. The third-order valence-corrected chi connectivity index (χ3v) is 2.32. The second-order valence-corrected chi connectivity index (χ2v) is 3.74. The van der Waals surface area contributed by atoms with Crippen LogP contribution >= 0.6 is 0 Å². The number of aliphatic hydroxyl groups is 1. The number of hydrogen-bond donors (Lipinski definition) is 3. The number of carbonyl (C=O) groups is 1. The SMILES string of the molecule is CCC(C)Nc1cccc(NC(=O)CO)c1. The molecule has 1 aromatic rings. The molecule has 0 bridgehead atoms. The molecule has 0 aliphatic rings. The average Bonchev–Trinajstić information content (AvgIpc) is 2.29. The summed E-state index contributed by atoms with van der Waals surface area (Å²) in [7, 11) is 0. The van der Waals surface area contributed by atoms with Crippen LogP contribution in [0.3, 0.4) is 0 Å². The predicted molar refractivity (Wildman–Crippen MR) is 65.5 cm³/mol. The largest absolute Gasteiger partial charge is 0.387 e. The van der Waals surface area contributed by atoms with E-state index >= 15 is 0 Å². The molecule has 3 N–H and O–H groups in total. The van der Waals surface area contributed by atoms with Crippen LogP contribution in [0.25, 0.3) is 0 Å². The zero-order chi connectivity index (χ0) is 12.0. The first-order valence-corrected chi connectivity index (χ1v) is 5.43. The quantitative estimate of drug-likeness (QED) is 0.712. The van der Waals surface area contributed by atoms with E-state index in [0.29, 0.717) is 11.7 Å². The van der Waals surface area contributed by atoms with Crippen molar-refractivity contribution in [2.45, 2.75) is 26.3 Å². The fourth-order valence-electron chi connectivity index (χ4n) is 1.27. The maximum Gasteiger partial charge on any atom is 0.250 e. The van der Waals surface area contributed by atoms with Gasteiger partial charge in [0, 0.05) is 17.4 Å². The van der Waals surface area contributed by atoms with Crippen molar-refractivity contribution in [2.75, 3.05) is 17.2 Å². The Hall–Kier alpha value is -1.55. The Balaban J connectivity index is 2.67. The lowest BCUT2D eigenvalue weighted by molar-refractivity contribution is -0.118. The standard InChI is InChI=1S/C12H18N2O2/c1-3-9(2)13-10-5-4-6-11(7-10)14-12(16)8-15/h4-7,9,13,15H,3,8H2,1-2H3,(H,14,16). The normalized spacial score (nSPS) is 11.9. The fourth-order valence-corrected chi connectivity index (χ4v) is 1.27. The minimum atomic E-state index is -0.497. The molecule has 0 aliphatic heterocycles. The van der Waals surface area contributed by atoms with Gasteiger partial charge in [0.1, 0.15) is 6.61 Å². The molecule has 1 aromatic carbocycles. The molecule has 0 radical (unpaired) electrons. The number of benzene rings is 1. The number of aliphatic hydroxyl groups excluding tert-OH is 1. The van der Waals surface area contributed by atoms with Crippen LogP contribution in [-0.2, 0) is 4.79 Å². The predicted octanol–water partition coefficient (Wildman–Crippen LogP) is 1.83. The Kier molecular flexibility index (Phi) is 4.79. The van der Waals surface area contributed by atoms with Gasteiger partial charge in [-0.15, -0.1) is 0 Å². The number of anilines is 2. The Bertz CT molecular complexity index is 353. The maximum atomic E-state index is 11.0. The first-order chi connectivity index (χ1) is 7.65. The molecule has 0 fully saturated rings. The Morgan fingerprint density at radius 3 is 2.75 bits per heavy atom. The topological polar surface area (TPSA) is 61.4 Å². The molecule has 0 saturated carbocycles. The number of nitrogens with one attached hydrogen (secondary N) is 2. The molecule has 0 aliphatic carbocycles. The van der Waals surface area contributed by atoms with Gasteiger partial charge < -0.3 is 15.7 Å². The van der Waals surface area contributed by atoms with Crippen molar-refractivity contribution in [2.24, 2.45) is 0 Å². The third kappa shape index (κ3) is 3.90. The van der Waals surface area contributed by atoms with Gasteiger partial charge in [-0.2, -0.15) is 0 Å². The summed E-state index contributed by atoms with van der Waals surface area (Å²) in [5.41, 5.74) is 1.65. The third-order valence-electron chi connectivity index (χ3n) is 2.32. The van der Waals surface area contributed by atoms with E-state index in [1.807, 2.05) is 18.2 Å². The lowest BCUT2D eigenvalue weighted by atomic mass is 10.2. The smallest absolute Gasteiger partial charge is 0.250 e. The monoisotopic (exact) mass is 222 g/mol. The molecular weight excluding hydrogens is 204 g/mol. The van der Waals surface area contributed by atoms with E-state index in [1.54, 1.807) is 6.07 Å². The van der Waals surface area contributed by atoms with Gasteiger partial charge >= 0.3 is 0 Å².